The molecular weight excluding hydrogens is 338 g/mol. The van der Waals surface area contributed by atoms with E-state index in [1.54, 1.807) is 24.3 Å². The first-order valence-electron chi connectivity index (χ1n) is 7.51. The van der Waals surface area contributed by atoms with Crippen molar-refractivity contribution in [2.45, 2.75) is 0 Å². The number of urea groups is 1. The third-order valence-electron chi connectivity index (χ3n) is 3.25. The summed E-state index contributed by atoms with van der Waals surface area (Å²) in [7, 11) is 2.96. The second-order valence-corrected chi connectivity index (χ2v) is 5.00. The van der Waals surface area contributed by atoms with E-state index in [9.17, 15) is 9.59 Å². The summed E-state index contributed by atoms with van der Waals surface area (Å²) >= 11 is 0. The van der Waals surface area contributed by atoms with Crippen LogP contribution in [0.2, 0.25) is 0 Å². The van der Waals surface area contributed by atoms with E-state index in [4.69, 9.17) is 19.5 Å². The molecule has 2 aromatic carbocycles. The molecule has 0 aliphatic rings. The highest BCUT2D eigenvalue weighted by Gasteiger charge is 2.11. The first kappa shape index (κ1) is 18.6. The molecule has 26 heavy (non-hydrogen) atoms. The fourth-order valence-corrected chi connectivity index (χ4v) is 2.00. The van der Waals surface area contributed by atoms with Crippen LogP contribution >= 0.6 is 0 Å². The number of nitrogens with one attached hydrogen (secondary N) is 2. The second kappa shape index (κ2) is 8.94. The fraction of sp³-hybridized carbons (Fsp3) is 0.167. The Hall–Kier alpha value is -3.73. The number of hydrogen-bond donors (Lipinski definition) is 2. The standard InChI is InChI=1S/C18H17N3O5/c1-24-14-6-4-13(5-7-14)20-18(23)21-17(22)11-26-15-8-3-12(10-19)9-16(15)25-2/h3-9H,11H2,1-2H3,(H2,20,21,22,23). The van der Waals surface area contributed by atoms with Gasteiger partial charge in [0.1, 0.15) is 5.75 Å². The summed E-state index contributed by atoms with van der Waals surface area (Å²) in [5.74, 6) is 0.621. The van der Waals surface area contributed by atoms with Crippen LogP contribution in [-0.2, 0) is 4.79 Å². The summed E-state index contributed by atoms with van der Waals surface area (Å²) in [4.78, 5) is 23.6. The molecular formula is C18H17N3O5. The number of methoxy groups -OCH3 is 2. The lowest BCUT2D eigenvalue weighted by molar-refractivity contribution is -0.121. The predicted octanol–water partition coefficient (Wildman–Crippen LogP) is 2.30. The molecule has 0 unspecified atom stereocenters. The molecule has 0 saturated carbocycles. The number of anilines is 1. The number of carbonyl (C=O) groups excluding carboxylic acids is 2. The molecule has 8 heteroatoms. The van der Waals surface area contributed by atoms with Crippen molar-refractivity contribution in [3.8, 4) is 23.3 Å². The molecule has 0 bridgehead atoms. The highest BCUT2D eigenvalue weighted by atomic mass is 16.5. The first-order valence-corrected chi connectivity index (χ1v) is 7.51. The predicted molar refractivity (Wildman–Crippen MR) is 93.4 cm³/mol. The maximum atomic E-state index is 11.8. The van der Waals surface area contributed by atoms with Crippen molar-refractivity contribution in [2.75, 3.05) is 26.1 Å². The molecule has 0 fully saturated rings. The van der Waals surface area contributed by atoms with Crippen LogP contribution in [0.4, 0.5) is 10.5 Å². The maximum Gasteiger partial charge on any atom is 0.325 e. The number of amides is 3. The Labute approximate surface area is 150 Å². The number of benzene rings is 2. The van der Waals surface area contributed by atoms with Gasteiger partial charge in [0.05, 0.1) is 25.9 Å². The number of ether oxygens (including phenoxy) is 3. The topological polar surface area (TPSA) is 110 Å². The molecule has 134 valence electrons. The van der Waals surface area contributed by atoms with Gasteiger partial charge in [-0.1, -0.05) is 0 Å². The van der Waals surface area contributed by atoms with Gasteiger partial charge in [0.2, 0.25) is 0 Å². The highest BCUT2D eigenvalue weighted by molar-refractivity contribution is 6.01. The van der Waals surface area contributed by atoms with Crippen LogP contribution in [0.25, 0.3) is 0 Å². The van der Waals surface area contributed by atoms with E-state index >= 15 is 0 Å². The minimum absolute atomic E-state index is 0.289. The largest absolute Gasteiger partial charge is 0.497 e. The van der Waals surface area contributed by atoms with Gasteiger partial charge < -0.3 is 19.5 Å². The molecule has 2 rings (SSSR count). The molecule has 0 spiro atoms. The van der Waals surface area contributed by atoms with Crippen LogP contribution in [0, 0.1) is 11.3 Å². The quantitative estimate of drug-likeness (QED) is 0.823. The summed E-state index contributed by atoms with van der Waals surface area (Å²) in [6, 6.07) is 12.5. The zero-order valence-corrected chi connectivity index (χ0v) is 14.2. The fourth-order valence-electron chi connectivity index (χ4n) is 2.00. The summed E-state index contributed by atoms with van der Waals surface area (Å²) in [6.45, 7) is -0.391. The zero-order valence-electron chi connectivity index (χ0n) is 14.2. The Morgan fingerprint density at radius 1 is 1.04 bits per heavy atom. The van der Waals surface area contributed by atoms with Crippen molar-refractivity contribution in [3.63, 3.8) is 0 Å². The van der Waals surface area contributed by atoms with Gasteiger partial charge in [-0.05, 0) is 36.4 Å². The number of hydrogen-bond acceptors (Lipinski definition) is 6. The van der Waals surface area contributed by atoms with Crippen LogP contribution in [0.1, 0.15) is 5.56 Å². The number of nitriles is 1. The van der Waals surface area contributed by atoms with E-state index in [-0.39, 0.29) is 5.75 Å². The van der Waals surface area contributed by atoms with Crippen molar-refractivity contribution in [3.05, 3.63) is 48.0 Å². The molecule has 3 amide bonds. The summed E-state index contributed by atoms with van der Waals surface area (Å²) in [5.41, 5.74) is 0.906. The van der Waals surface area contributed by atoms with Gasteiger partial charge in [-0.15, -0.1) is 0 Å². The van der Waals surface area contributed by atoms with Crippen molar-refractivity contribution < 1.29 is 23.8 Å². The van der Waals surface area contributed by atoms with Gasteiger partial charge in [0.15, 0.2) is 18.1 Å². The van der Waals surface area contributed by atoms with E-state index < -0.39 is 18.5 Å². The van der Waals surface area contributed by atoms with Crippen molar-refractivity contribution in [1.82, 2.24) is 5.32 Å². The Balaban J connectivity index is 1.86. The lowest BCUT2D eigenvalue weighted by Gasteiger charge is -2.11. The maximum absolute atomic E-state index is 11.8. The molecule has 0 atom stereocenters. The van der Waals surface area contributed by atoms with E-state index in [1.807, 2.05) is 6.07 Å². The van der Waals surface area contributed by atoms with Gasteiger partial charge in [-0.3, -0.25) is 10.1 Å². The molecule has 2 N–H and O–H groups in total. The van der Waals surface area contributed by atoms with Gasteiger partial charge in [-0.25, -0.2) is 4.79 Å². The van der Waals surface area contributed by atoms with E-state index in [2.05, 4.69) is 10.6 Å². The number of rotatable bonds is 6. The van der Waals surface area contributed by atoms with Gasteiger partial charge >= 0.3 is 6.03 Å². The highest BCUT2D eigenvalue weighted by Crippen LogP contribution is 2.27. The second-order valence-electron chi connectivity index (χ2n) is 5.00. The molecule has 0 aliphatic heterocycles. The Morgan fingerprint density at radius 3 is 2.38 bits per heavy atom. The lowest BCUT2D eigenvalue weighted by Crippen LogP contribution is -2.37. The van der Waals surface area contributed by atoms with E-state index in [0.717, 1.165) is 0 Å². The normalized spacial score (nSPS) is 9.58. The Bertz CT molecular complexity index is 828. The van der Waals surface area contributed by atoms with Crippen LogP contribution in [0.5, 0.6) is 17.2 Å². The average molecular weight is 355 g/mol. The van der Waals surface area contributed by atoms with Crippen molar-refractivity contribution in [1.29, 1.82) is 5.26 Å². The average Bonchev–Trinajstić information content (AvgIpc) is 2.66. The summed E-state index contributed by atoms with van der Waals surface area (Å²) < 4.78 is 15.4. The van der Waals surface area contributed by atoms with Gasteiger partial charge in [0.25, 0.3) is 5.91 Å². The molecule has 0 radical (unpaired) electrons. The minimum Gasteiger partial charge on any atom is -0.497 e. The molecule has 0 heterocycles. The number of nitrogens with zero attached hydrogens (tertiary/aromatic N) is 1. The summed E-state index contributed by atoms with van der Waals surface area (Å²) in [5, 5.41) is 13.5. The molecule has 0 aliphatic carbocycles. The van der Waals surface area contributed by atoms with Crippen molar-refractivity contribution >= 4 is 17.6 Å². The third kappa shape index (κ3) is 5.14. The molecule has 0 saturated heterocycles. The molecule has 2 aromatic rings. The smallest absolute Gasteiger partial charge is 0.325 e. The monoisotopic (exact) mass is 355 g/mol. The first-order chi connectivity index (χ1) is 12.5. The van der Waals surface area contributed by atoms with E-state index in [1.165, 1.54) is 32.4 Å². The summed E-state index contributed by atoms with van der Waals surface area (Å²) in [6.07, 6.45) is 0. The van der Waals surface area contributed by atoms with Gasteiger partial charge in [0, 0.05) is 11.8 Å². The van der Waals surface area contributed by atoms with Crippen LogP contribution in [0.15, 0.2) is 42.5 Å². The van der Waals surface area contributed by atoms with Crippen LogP contribution in [-0.4, -0.2) is 32.8 Å². The minimum atomic E-state index is -0.685. The number of imide groups is 1. The van der Waals surface area contributed by atoms with Crippen molar-refractivity contribution in [2.24, 2.45) is 0 Å². The lowest BCUT2D eigenvalue weighted by atomic mass is 10.2. The Morgan fingerprint density at radius 2 is 1.77 bits per heavy atom. The van der Waals surface area contributed by atoms with E-state index in [0.29, 0.717) is 22.7 Å². The van der Waals surface area contributed by atoms with Gasteiger partial charge in [-0.2, -0.15) is 5.26 Å². The molecule has 0 aromatic heterocycles. The SMILES string of the molecule is COc1ccc(NC(=O)NC(=O)COc2ccc(C#N)cc2OC)cc1. The van der Waals surface area contributed by atoms with Crippen LogP contribution < -0.4 is 24.8 Å². The van der Waals surface area contributed by atoms with Crippen LogP contribution in [0.3, 0.4) is 0 Å². The zero-order chi connectivity index (χ0) is 18.9. The third-order valence-corrected chi connectivity index (χ3v) is 3.25. The Kier molecular flexibility index (Phi) is 6.40. The number of carbonyl (C=O) groups is 2. The molecule has 8 nitrogen and oxygen atoms in total.